The van der Waals surface area contributed by atoms with E-state index in [9.17, 15) is 9.59 Å². The van der Waals surface area contributed by atoms with E-state index in [0.29, 0.717) is 69.1 Å². The molecule has 2 aliphatic rings. The second-order valence-electron chi connectivity index (χ2n) is 10.6. The Balaban J connectivity index is 1.42. The SMILES string of the molecule is CCOc1ccccc1CN1CCCN(C(C)=O)c2ccccc2CN(C(=O)Cc2cc(Cl)c3c(c2)OCCO3)CC1. The summed E-state index contributed by atoms with van der Waals surface area (Å²) < 4.78 is 17.3. The van der Waals surface area contributed by atoms with Crippen LogP contribution in [0.2, 0.25) is 5.02 Å². The zero-order valence-corrected chi connectivity index (χ0v) is 25.1. The average Bonchev–Trinajstić information content (AvgIpc) is 3.01. The normalized spacial score (nSPS) is 15.9. The van der Waals surface area contributed by atoms with Gasteiger partial charge in [0.05, 0.1) is 18.1 Å². The van der Waals surface area contributed by atoms with E-state index in [2.05, 4.69) is 11.0 Å². The molecule has 0 saturated heterocycles. The Labute approximate surface area is 252 Å². The Morgan fingerprint density at radius 3 is 2.57 bits per heavy atom. The average molecular weight is 592 g/mol. The van der Waals surface area contributed by atoms with E-state index in [-0.39, 0.29) is 18.2 Å². The molecule has 0 aromatic heterocycles. The van der Waals surface area contributed by atoms with E-state index >= 15 is 0 Å². The van der Waals surface area contributed by atoms with Gasteiger partial charge in [-0.1, -0.05) is 48.0 Å². The smallest absolute Gasteiger partial charge is 0.227 e. The summed E-state index contributed by atoms with van der Waals surface area (Å²) in [5.41, 5.74) is 3.66. The molecule has 8 nitrogen and oxygen atoms in total. The molecule has 2 aliphatic heterocycles. The number of nitrogens with zero attached hydrogens (tertiary/aromatic N) is 3. The number of hydrogen-bond acceptors (Lipinski definition) is 6. The molecule has 0 radical (unpaired) electrons. The van der Waals surface area contributed by atoms with Gasteiger partial charge in [-0.3, -0.25) is 14.5 Å². The zero-order chi connectivity index (χ0) is 29.5. The fourth-order valence-corrected chi connectivity index (χ4v) is 5.85. The number of anilines is 1. The molecule has 0 bridgehead atoms. The second-order valence-corrected chi connectivity index (χ2v) is 11.0. The van der Waals surface area contributed by atoms with Crippen LogP contribution in [0.3, 0.4) is 0 Å². The second kappa shape index (κ2) is 13.9. The third kappa shape index (κ3) is 7.17. The summed E-state index contributed by atoms with van der Waals surface area (Å²) in [6.45, 7) is 8.71. The van der Waals surface area contributed by atoms with Gasteiger partial charge in [-0.2, -0.15) is 0 Å². The Morgan fingerprint density at radius 2 is 1.74 bits per heavy atom. The van der Waals surface area contributed by atoms with E-state index in [4.69, 9.17) is 25.8 Å². The maximum absolute atomic E-state index is 13.9. The van der Waals surface area contributed by atoms with Crippen molar-refractivity contribution >= 4 is 29.1 Å². The van der Waals surface area contributed by atoms with Crippen molar-refractivity contribution in [2.24, 2.45) is 0 Å². The number of carbonyl (C=O) groups is 2. The number of ether oxygens (including phenoxy) is 3. The molecule has 42 heavy (non-hydrogen) atoms. The van der Waals surface area contributed by atoms with E-state index in [1.54, 1.807) is 13.0 Å². The highest BCUT2D eigenvalue weighted by molar-refractivity contribution is 6.32. The fraction of sp³-hybridized carbons (Fsp3) is 0.394. The van der Waals surface area contributed by atoms with Crippen molar-refractivity contribution in [3.8, 4) is 17.2 Å². The first-order valence-corrected chi connectivity index (χ1v) is 15.0. The zero-order valence-electron chi connectivity index (χ0n) is 24.3. The van der Waals surface area contributed by atoms with Crippen LogP contribution in [0.15, 0.2) is 60.7 Å². The van der Waals surface area contributed by atoms with E-state index in [0.717, 1.165) is 41.1 Å². The summed E-state index contributed by atoms with van der Waals surface area (Å²) in [7, 11) is 0. The maximum Gasteiger partial charge on any atom is 0.227 e. The predicted octanol–water partition coefficient (Wildman–Crippen LogP) is 5.34. The van der Waals surface area contributed by atoms with Crippen molar-refractivity contribution in [3.05, 3.63) is 82.4 Å². The number of carbonyl (C=O) groups excluding carboxylic acids is 2. The summed E-state index contributed by atoms with van der Waals surface area (Å²) in [6.07, 6.45) is 0.969. The van der Waals surface area contributed by atoms with Crippen LogP contribution in [-0.2, 0) is 29.1 Å². The van der Waals surface area contributed by atoms with Crippen molar-refractivity contribution in [2.75, 3.05) is 50.9 Å². The lowest BCUT2D eigenvalue weighted by Gasteiger charge is -2.29. The number of benzene rings is 3. The molecule has 0 saturated carbocycles. The minimum absolute atomic E-state index is 0.0151. The summed E-state index contributed by atoms with van der Waals surface area (Å²) in [4.78, 5) is 32.8. The van der Waals surface area contributed by atoms with E-state index in [1.165, 1.54) is 0 Å². The lowest BCUT2D eigenvalue weighted by molar-refractivity contribution is -0.131. The highest BCUT2D eigenvalue weighted by Crippen LogP contribution is 2.38. The molecule has 0 N–H and O–H groups in total. The van der Waals surface area contributed by atoms with Crippen LogP contribution in [-0.4, -0.2) is 67.6 Å². The van der Waals surface area contributed by atoms with Crippen LogP contribution in [0.4, 0.5) is 5.69 Å². The quantitative estimate of drug-likeness (QED) is 0.385. The molecule has 0 atom stereocenters. The van der Waals surface area contributed by atoms with Crippen LogP contribution in [0, 0.1) is 0 Å². The van der Waals surface area contributed by atoms with Gasteiger partial charge in [0, 0.05) is 57.4 Å². The molecular weight excluding hydrogens is 554 g/mol. The van der Waals surface area contributed by atoms with Gasteiger partial charge in [0.15, 0.2) is 11.5 Å². The Hall–Kier alpha value is -3.75. The largest absolute Gasteiger partial charge is 0.494 e. The molecule has 5 rings (SSSR count). The summed E-state index contributed by atoms with van der Waals surface area (Å²) in [6, 6.07) is 19.6. The minimum Gasteiger partial charge on any atom is -0.494 e. The van der Waals surface area contributed by atoms with Gasteiger partial charge >= 0.3 is 0 Å². The Morgan fingerprint density at radius 1 is 0.952 bits per heavy atom. The third-order valence-corrected chi connectivity index (χ3v) is 7.88. The first-order valence-electron chi connectivity index (χ1n) is 14.6. The van der Waals surface area contributed by atoms with Gasteiger partial charge < -0.3 is 24.0 Å². The van der Waals surface area contributed by atoms with E-state index in [1.807, 2.05) is 65.3 Å². The van der Waals surface area contributed by atoms with Crippen LogP contribution < -0.4 is 19.1 Å². The topological polar surface area (TPSA) is 71.6 Å². The van der Waals surface area contributed by atoms with Crippen LogP contribution in [0.1, 0.15) is 37.0 Å². The molecule has 2 amide bonds. The van der Waals surface area contributed by atoms with Crippen LogP contribution in [0.25, 0.3) is 0 Å². The minimum atomic E-state index is -0.0270. The summed E-state index contributed by atoms with van der Waals surface area (Å²) in [5, 5.41) is 0.439. The predicted molar refractivity (Wildman–Crippen MR) is 164 cm³/mol. The number of fused-ring (bicyclic) bond motifs is 2. The van der Waals surface area contributed by atoms with Crippen molar-refractivity contribution in [1.29, 1.82) is 0 Å². The van der Waals surface area contributed by atoms with Gasteiger partial charge in [-0.25, -0.2) is 0 Å². The molecule has 3 aromatic carbocycles. The standard InChI is InChI=1S/C33H38ClN3O5/c1-3-40-30-12-7-5-10-27(30)22-35-13-8-14-37(24(2)38)29-11-6-4-9-26(29)23-36(16-15-35)32(39)21-25-19-28(34)33-31(20-25)41-17-18-42-33/h4-7,9-12,19-20H,3,8,13-18,21-23H2,1-2H3. The third-order valence-electron chi connectivity index (χ3n) is 7.60. The number of amides is 2. The molecule has 9 heteroatoms. The number of para-hydroxylation sites is 2. The lowest BCUT2D eigenvalue weighted by atomic mass is 10.1. The molecule has 0 unspecified atom stereocenters. The van der Waals surface area contributed by atoms with Gasteiger partial charge in [0.2, 0.25) is 11.8 Å². The van der Waals surface area contributed by atoms with Crippen molar-refractivity contribution < 1.29 is 23.8 Å². The molecule has 0 aliphatic carbocycles. The summed E-state index contributed by atoms with van der Waals surface area (Å²) in [5.74, 6) is 1.92. The number of halogens is 1. The molecule has 2 heterocycles. The highest BCUT2D eigenvalue weighted by atomic mass is 35.5. The van der Waals surface area contributed by atoms with E-state index < -0.39 is 0 Å². The molecule has 0 spiro atoms. The molecule has 222 valence electrons. The van der Waals surface area contributed by atoms with Gasteiger partial charge in [-0.05, 0) is 48.7 Å². The van der Waals surface area contributed by atoms with Gasteiger partial charge in [-0.15, -0.1) is 0 Å². The fourth-order valence-electron chi connectivity index (χ4n) is 5.56. The molecule has 0 fully saturated rings. The Bertz CT molecular complexity index is 1410. The first-order chi connectivity index (χ1) is 20.4. The maximum atomic E-state index is 13.9. The summed E-state index contributed by atoms with van der Waals surface area (Å²) >= 11 is 6.48. The van der Waals surface area contributed by atoms with Gasteiger partial charge in [0.1, 0.15) is 19.0 Å². The number of hydrogen-bond donors (Lipinski definition) is 0. The highest BCUT2D eigenvalue weighted by Gasteiger charge is 2.24. The van der Waals surface area contributed by atoms with Gasteiger partial charge in [0.25, 0.3) is 0 Å². The lowest BCUT2D eigenvalue weighted by Crippen LogP contribution is -2.39. The monoisotopic (exact) mass is 591 g/mol. The molecular formula is C33H38ClN3O5. The van der Waals surface area contributed by atoms with Crippen molar-refractivity contribution in [1.82, 2.24) is 9.80 Å². The van der Waals surface area contributed by atoms with Crippen LogP contribution in [0.5, 0.6) is 17.2 Å². The van der Waals surface area contributed by atoms with Crippen molar-refractivity contribution in [3.63, 3.8) is 0 Å². The molecule has 3 aromatic rings. The Kier molecular flexibility index (Phi) is 9.87. The first kappa shape index (κ1) is 29.7. The number of rotatable bonds is 6. The van der Waals surface area contributed by atoms with Crippen LogP contribution >= 0.6 is 11.6 Å². The van der Waals surface area contributed by atoms with Crippen molar-refractivity contribution in [2.45, 2.75) is 39.8 Å².